The lowest BCUT2D eigenvalue weighted by Gasteiger charge is -2.19. The van der Waals surface area contributed by atoms with Crippen LogP contribution in [0.4, 0.5) is 23.0 Å². The molecule has 25 heavy (non-hydrogen) atoms. The van der Waals surface area contributed by atoms with Crippen LogP contribution in [-0.2, 0) is 5.41 Å². The van der Waals surface area contributed by atoms with E-state index in [2.05, 4.69) is 65.6 Å². The van der Waals surface area contributed by atoms with E-state index in [0.717, 1.165) is 28.8 Å². The molecular weight excluding hydrogens is 308 g/mol. The van der Waals surface area contributed by atoms with E-state index in [1.807, 2.05) is 43.3 Å². The van der Waals surface area contributed by atoms with Crippen molar-refractivity contribution < 1.29 is 0 Å². The van der Waals surface area contributed by atoms with Gasteiger partial charge in [0, 0.05) is 17.4 Å². The predicted molar refractivity (Wildman–Crippen MR) is 105 cm³/mol. The lowest BCUT2D eigenvalue weighted by molar-refractivity contribution is 0.590. The fraction of sp³-hybridized carbons (Fsp3) is 0.238. The molecule has 0 amide bonds. The highest BCUT2D eigenvalue weighted by molar-refractivity contribution is 5.63. The van der Waals surface area contributed by atoms with E-state index in [9.17, 15) is 0 Å². The Bertz CT molecular complexity index is 834. The molecule has 4 nitrogen and oxygen atoms in total. The van der Waals surface area contributed by atoms with Crippen molar-refractivity contribution >= 4 is 23.0 Å². The van der Waals surface area contributed by atoms with Crippen LogP contribution < -0.4 is 10.6 Å². The lowest BCUT2D eigenvalue weighted by Crippen LogP contribution is -2.10. The Morgan fingerprint density at radius 3 is 1.76 bits per heavy atom. The van der Waals surface area contributed by atoms with Crippen LogP contribution in [0.25, 0.3) is 0 Å². The van der Waals surface area contributed by atoms with Crippen LogP contribution in [0, 0.1) is 6.92 Å². The third-order valence-corrected chi connectivity index (χ3v) is 3.91. The molecular formula is C21H24N4. The molecule has 0 saturated carbocycles. The zero-order valence-corrected chi connectivity index (χ0v) is 15.2. The number of para-hydroxylation sites is 1. The lowest BCUT2D eigenvalue weighted by atomic mass is 9.87. The molecule has 0 radical (unpaired) electrons. The minimum absolute atomic E-state index is 0.150. The number of anilines is 4. The maximum atomic E-state index is 4.48. The number of nitrogens with one attached hydrogen (secondary N) is 2. The molecule has 128 valence electrons. The maximum Gasteiger partial charge on any atom is 0.136 e. The van der Waals surface area contributed by atoms with E-state index in [0.29, 0.717) is 0 Å². The minimum atomic E-state index is 0.150. The maximum absolute atomic E-state index is 4.48. The quantitative estimate of drug-likeness (QED) is 0.656. The average Bonchev–Trinajstić information content (AvgIpc) is 2.55. The molecule has 0 bridgehead atoms. The van der Waals surface area contributed by atoms with Crippen molar-refractivity contribution in [2.75, 3.05) is 10.6 Å². The van der Waals surface area contributed by atoms with Crippen LogP contribution in [0.1, 0.15) is 32.2 Å². The SMILES string of the molecule is Cc1nc(Nc2ccccc2)cc(Nc2ccc(C(C)(C)C)cc2)n1. The zero-order valence-electron chi connectivity index (χ0n) is 15.2. The number of hydrogen-bond donors (Lipinski definition) is 2. The predicted octanol–water partition coefficient (Wildman–Crippen LogP) is 5.57. The molecule has 2 aromatic carbocycles. The van der Waals surface area contributed by atoms with Crippen LogP contribution in [0.3, 0.4) is 0 Å². The molecule has 3 aromatic rings. The van der Waals surface area contributed by atoms with Crippen LogP contribution in [0.2, 0.25) is 0 Å². The highest BCUT2D eigenvalue weighted by Gasteiger charge is 2.13. The van der Waals surface area contributed by atoms with Gasteiger partial charge < -0.3 is 10.6 Å². The first kappa shape index (κ1) is 17.0. The van der Waals surface area contributed by atoms with Gasteiger partial charge in [-0.25, -0.2) is 9.97 Å². The van der Waals surface area contributed by atoms with Gasteiger partial charge in [0.2, 0.25) is 0 Å². The summed E-state index contributed by atoms with van der Waals surface area (Å²) in [4.78, 5) is 8.93. The summed E-state index contributed by atoms with van der Waals surface area (Å²) in [5.41, 5.74) is 3.47. The molecule has 3 rings (SSSR count). The molecule has 0 spiro atoms. The van der Waals surface area contributed by atoms with Crippen LogP contribution in [-0.4, -0.2) is 9.97 Å². The highest BCUT2D eigenvalue weighted by Crippen LogP contribution is 2.25. The van der Waals surface area contributed by atoms with Gasteiger partial charge in [0.05, 0.1) is 0 Å². The average molecular weight is 332 g/mol. The van der Waals surface area contributed by atoms with Crippen LogP contribution in [0.15, 0.2) is 60.7 Å². The van der Waals surface area contributed by atoms with Gasteiger partial charge in [-0.3, -0.25) is 0 Å². The Kier molecular flexibility index (Phi) is 4.70. The number of hydrogen-bond acceptors (Lipinski definition) is 4. The van der Waals surface area contributed by atoms with Crippen molar-refractivity contribution in [1.82, 2.24) is 9.97 Å². The van der Waals surface area contributed by atoms with Crippen LogP contribution in [0.5, 0.6) is 0 Å². The number of aryl methyl sites for hydroxylation is 1. The zero-order chi connectivity index (χ0) is 17.9. The van der Waals surface area contributed by atoms with Gasteiger partial charge in [0.1, 0.15) is 17.5 Å². The largest absolute Gasteiger partial charge is 0.340 e. The summed E-state index contributed by atoms with van der Waals surface area (Å²) in [6.45, 7) is 8.53. The Morgan fingerprint density at radius 2 is 1.24 bits per heavy atom. The number of benzene rings is 2. The summed E-state index contributed by atoms with van der Waals surface area (Å²) >= 11 is 0. The fourth-order valence-corrected chi connectivity index (χ4v) is 2.57. The second-order valence-corrected chi connectivity index (χ2v) is 7.13. The molecule has 0 aliphatic carbocycles. The molecule has 0 aliphatic heterocycles. The fourth-order valence-electron chi connectivity index (χ4n) is 2.57. The van der Waals surface area contributed by atoms with E-state index >= 15 is 0 Å². The topological polar surface area (TPSA) is 49.8 Å². The Labute approximate surface area is 149 Å². The Hall–Kier alpha value is -2.88. The number of nitrogens with zero attached hydrogens (tertiary/aromatic N) is 2. The van der Waals surface area contributed by atoms with Crippen molar-refractivity contribution in [1.29, 1.82) is 0 Å². The van der Waals surface area contributed by atoms with Gasteiger partial charge in [0.15, 0.2) is 0 Å². The van der Waals surface area contributed by atoms with Crippen molar-refractivity contribution in [3.05, 3.63) is 72.1 Å². The normalized spacial score (nSPS) is 11.2. The second-order valence-electron chi connectivity index (χ2n) is 7.13. The van der Waals surface area contributed by atoms with Crippen molar-refractivity contribution in [3.63, 3.8) is 0 Å². The van der Waals surface area contributed by atoms with E-state index in [1.54, 1.807) is 0 Å². The van der Waals surface area contributed by atoms with E-state index in [1.165, 1.54) is 5.56 Å². The summed E-state index contributed by atoms with van der Waals surface area (Å²) in [5, 5.41) is 6.67. The summed E-state index contributed by atoms with van der Waals surface area (Å²) in [6, 6.07) is 20.4. The van der Waals surface area contributed by atoms with E-state index < -0.39 is 0 Å². The third kappa shape index (κ3) is 4.57. The van der Waals surface area contributed by atoms with Crippen molar-refractivity contribution in [2.45, 2.75) is 33.1 Å². The summed E-state index contributed by atoms with van der Waals surface area (Å²) in [5.74, 6) is 2.26. The first-order chi connectivity index (χ1) is 11.9. The summed E-state index contributed by atoms with van der Waals surface area (Å²) in [7, 11) is 0. The van der Waals surface area contributed by atoms with E-state index in [4.69, 9.17) is 0 Å². The molecule has 0 aliphatic rings. The van der Waals surface area contributed by atoms with Crippen molar-refractivity contribution in [2.24, 2.45) is 0 Å². The van der Waals surface area contributed by atoms with Gasteiger partial charge in [-0.15, -0.1) is 0 Å². The van der Waals surface area contributed by atoms with E-state index in [-0.39, 0.29) is 5.41 Å². The van der Waals surface area contributed by atoms with Gasteiger partial charge in [-0.2, -0.15) is 0 Å². The number of rotatable bonds is 4. The highest BCUT2D eigenvalue weighted by atomic mass is 15.1. The molecule has 0 saturated heterocycles. The van der Waals surface area contributed by atoms with Gasteiger partial charge in [-0.1, -0.05) is 51.1 Å². The van der Waals surface area contributed by atoms with Gasteiger partial charge in [0.25, 0.3) is 0 Å². The molecule has 0 fully saturated rings. The summed E-state index contributed by atoms with van der Waals surface area (Å²) in [6.07, 6.45) is 0. The Balaban J connectivity index is 1.78. The molecule has 0 atom stereocenters. The molecule has 1 heterocycles. The second kappa shape index (κ2) is 6.93. The first-order valence-electron chi connectivity index (χ1n) is 8.45. The Morgan fingerprint density at radius 1 is 0.720 bits per heavy atom. The minimum Gasteiger partial charge on any atom is -0.340 e. The molecule has 4 heteroatoms. The monoisotopic (exact) mass is 332 g/mol. The van der Waals surface area contributed by atoms with Crippen molar-refractivity contribution in [3.8, 4) is 0 Å². The van der Waals surface area contributed by atoms with Gasteiger partial charge >= 0.3 is 0 Å². The molecule has 1 aromatic heterocycles. The molecule has 2 N–H and O–H groups in total. The molecule has 0 unspecified atom stereocenters. The third-order valence-electron chi connectivity index (χ3n) is 3.91. The number of aromatic nitrogens is 2. The first-order valence-corrected chi connectivity index (χ1v) is 8.45. The van der Waals surface area contributed by atoms with Crippen LogP contribution >= 0.6 is 0 Å². The van der Waals surface area contributed by atoms with Gasteiger partial charge in [-0.05, 0) is 42.2 Å². The smallest absolute Gasteiger partial charge is 0.136 e. The summed E-state index contributed by atoms with van der Waals surface area (Å²) < 4.78 is 0. The standard InChI is InChI=1S/C21H24N4/c1-15-22-19(24-17-8-6-5-7-9-17)14-20(23-15)25-18-12-10-16(11-13-18)21(2,3)4/h5-14H,1-4H3,(H2,22,23,24,25).